The highest BCUT2D eigenvalue weighted by Gasteiger charge is 2.40. The lowest BCUT2D eigenvalue weighted by Gasteiger charge is -2.14. The number of nitrogens with zero attached hydrogens (tertiary/aromatic N) is 4. The van der Waals surface area contributed by atoms with Gasteiger partial charge in [-0.2, -0.15) is 5.10 Å². The maximum atomic E-state index is 12.9. The smallest absolute Gasteiger partial charge is 0.247 e. The van der Waals surface area contributed by atoms with E-state index in [0.29, 0.717) is 28.0 Å². The number of halogens is 1. The summed E-state index contributed by atoms with van der Waals surface area (Å²) in [5, 5.41) is 7.79. The van der Waals surface area contributed by atoms with Crippen LogP contribution < -0.4 is 14.4 Å². The standard InChI is InChI=1S/C20H13IN4O4S/c21-12-2-4-13(5-3-12)25-18(26)8-17(19(25)27)30-20-23-14(9-22-24-20)11-1-6-15-16(7-11)29-10-28-15/h1-7,9,17H,8,10H2. The van der Waals surface area contributed by atoms with Crippen LogP contribution in [0.5, 0.6) is 11.5 Å². The number of fused-ring (bicyclic) bond motifs is 1. The normalized spacial score (nSPS) is 17.6. The quantitative estimate of drug-likeness (QED) is 0.374. The van der Waals surface area contributed by atoms with Crippen LogP contribution in [0.1, 0.15) is 6.42 Å². The Kier molecular flexibility index (Phi) is 5.03. The summed E-state index contributed by atoms with van der Waals surface area (Å²) >= 11 is 3.32. The molecule has 2 aliphatic rings. The molecule has 10 heteroatoms. The van der Waals surface area contributed by atoms with E-state index in [1.165, 1.54) is 4.90 Å². The first-order chi connectivity index (χ1) is 14.6. The van der Waals surface area contributed by atoms with Gasteiger partial charge < -0.3 is 9.47 Å². The average Bonchev–Trinajstić information content (AvgIpc) is 3.33. The summed E-state index contributed by atoms with van der Waals surface area (Å²) in [6.45, 7) is 0.191. The van der Waals surface area contributed by atoms with Crippen molar-refractivity contribution in [2.45, 2.75) is 16.8 Å². The second-order valence-corrected chi connectivity index (χ2v) is 8.96. The van der Waals surface area contributed by atoms with Crippen molar-refractivity contribution in [1.82, 2.24) is 15.2 Å². The molecule has 3 heterocycles. The van der Waals surface area contributed by atoms with E-state index in [-0.39, 0.29) is 25.0 Å². The molecule has 2 amide bonds. The molecule has 1 atom stereocenters. The van der Waals surface area contributed by atoms with Gasteiger partial charge in [0.15, 0.2) is 11.5 Å². The molecule has 0 spiro atoms. The van der Waals surface area contributed by atoms with Gasteiger partial charge >= 0.3 is 0 Å². The van der Waals surface area contributed by atoms with Gasteiger partial charge in [0.05, 0.1) is 17.6 Å². The molecule has 3 aromatic rings. The first-order valence-corrected chi connectivity index (χ1v) is 10.9. The van der Waals surface area contributed by atoms with Gasteiger partial charge in [0.25, 0.3) is 0 Å². The Morgan fingerprint density at radius 1 is 1.07 bits per heavy atom. The molecular weight excluding hydrogens is 519 g/mol. The lowest BCUT2D eigenvalue weighted by molar-refractivity contribution is -0.121. The maximum absolute atomic E-state index is 12.9. The number of amides is 2. The summed E-state index contributed by atoms with van der Waals surface area (Å²) in [5.41, 5.74) is 1.96. The van der Waals surface area contributed by atoms with Crippen LogP contribution in [-0.4, -0.2) is 39.0 Å². The number of hydrogen-bond donors (Lipinski definition) is 0. The second-order valence-electron chi connectivity index (χ2n) is 6.55. The number of rotatable bonds is 4. The van der Waals surface area contributed by atoms with E-state index >= 15 is 0 Å². The van der Waals surface area contributed by atoms with Crippen LogP contribution in [0, 0.1) is 3.57 Å². The van der Waals surface area contributed by atoms with Gasteiger partial charge in [-0.25, -0.2) is 9.88 Å². The van der Waals surface area contributed by atoms with Gasteiger partial charge in [0.1, 0.15) is 5.25 Å². The SMILES string of the molecule is O=C1CC(Sc2nncc(-c3ccc4c(c3)OCO4)n2)C(=O)N1c1ccc(I)cc1. The number of hydrogen-bond acceptors (Lipinski definition) is 8. The summed E-state index contributed by atoms with van der Waals surface area (Å²) < 4.78 is 11.8. The number of carbonyl (C=O) groups excluding carboxylic acids is 2. The van der Waals surface area contributed by atoms with E-state index in [9.17, 15) is 9.59 Å². The summed E-state index contributed by atoms with van der Waals surface area (Å²) in [4.78, 5) is 31.1. The number of imide groups is 1. The molecule has 1 aromatic heterocycles. The van der Waals surface area contributed by atoms with Crippen LogP contribution in [0.2, 0.25) is 0 Å². The minimum Gasteiger partial charge on any atom is -0.454 e. The molecule has 1 saturated heterocycles. The van der Waals surface area contributed by atoms with Crippen LogP contribution >= 0.6 is 34.4 Å². The van der Waals surface area contributed by atoms with Crippen molar-refractivity contribution in [3.8, 4) is 22.8 Å². The zero-order valence-corrected chi connectivity index (χ0v) is 18.3. The largest absolute Gasteiger partial charge is 0.454 e. The van der Waals surface area contributed by atoms with Crippen molar-refractivity contribution in [3.05, 3.63) is 52.2 Å². The number of carbonyl (C=O) groups is 2. The minimum absolute atomic E-state index is 0.0904. The van der Waals surface area contributed by atoms with Crippen molar-refractivity contribution in [2.24, 2.45) is 0 Å². The van der Waals surface area contributed by atoms with E-state index in [0.717, 1.165) is 20.9 Å². The van der Waals surface area contributed by atoms with Crippen molar-refractivity contribution in [2.75, 3.05) is 11.7 Å². The molecule has 0 saturated carbocycles. The zero-order chi connectivity index (χ0) is 20.7. The molecule has 0 radical (unpaired) electrons. The Labute approximate surface area is 189 Å². The predicted octanol–water partition coefficient (Wildman–Crippen LogP) is 3.30. The van der Waals surface area contributed by atoms with Crippen LogP contribution in [0.25, 0.3) is 11.3 Å². The molecule has 1 fully saturated rings. The Bertz CT molecular complexity index is 1160. The Morgan fingerprint density at radius 3 is 2.70 bits per heavy atom. The van der Waals surface area contributed by atoms with E-state index in [4.69, 9.17) is 9.47 Å². The lowest BCUT2D eigenvalue weighted by Crippen LogP contribution is -2.31. The second kappa shape index (κ2) is 7.84. The summed E-state index contributed by atoms with van der Waals surface area (Å²) in [7, 11) is 0. The first kappa shape index (κ1) is 19.2. The van der Waals surface area contributed by atoms with Crippen LogP contribution in [0.15, 0.2) is 53.8 Å². The molecule has 2 aromatic carbocycles. The first-order valence-electron chi connectivity index (χ1n) is 8.97. The molecule has 150 valence electrons. The molecule has 1 unspecified atom stereocenters. The third-order valence-corrected chi connectivity index (χ3v) is 6.40. The average molecular weight is 532 g/mol. The summed E-state index contributed by atoms with van der Waals surface area (Å²) in [5.74, 6) is 0.813. The molecular formula is C20H13IN4O4S. The molecule has 0 aliphatic carbocycles. The Balaban J connectivity index is 1.36. The summed E-state index contributed by atoms with van der Waals surface area (Å²) in [6, 6.07) is 12.7. The maximum Gasteiger partial charge on any atom is 0.247 e. The molecule has 0 N–H and O–H groups in total. The molecule has 2 aliphatic heterocycles. The van der Waals surface area contributed by atoms with Crippen molar-refractivity contribution in [3.63, 3.8) is 0 Å². The van der Waals surface area contributed by atoms with Crippen molar-refractivity contribution in [1.29, 1.82) is 0 Å². The Hall–Kier alpha value is -2.73. The fourth-order valence-corrected chi connectivity index (χ4v) is 4.51. The highest BCUT2D eigenvalue weighted by molar-refractivity contribution is 14.1. The molecule has 8 nitrogen and oxygen atoms in total. The van der Waals surface area contributed by atoms with Gasteiger partial charge in [0.2, 0.25) is 23.8 Å². The van der Waals surface area contributed by atoms with Gasteiger partial charge in [0, 0.05) is 15.6 Å². The van der Waals surface area contributed by atoms with Crippen molar-refractivity contribution >= 4 is 51.9 Å². The Morgan fingerprint density at radius 2 is 1.87 bits per heavy atom. The highest BCUT2D eigenvalue weighted by Crippen LogP contribution is 2.36. The van der Waals surface area contributed by atoms with Crippen LogP contribution in [-0.2, 0) is 9.59 Å². The number of aromatic nitrogens is 3. The van der Waals surface area contributed by atoms with E-state index in [2.05, 4.69) is 37.8 Å². The lowest BCUT2D eigenvalue weighted by atomic mass is 10.1. The van der Waals surface area contributed by atoms with Gasteiger partial charge in [-0.05, 0) is 65.1 Å². The van der Waals surface area contributed by atoms with E-state index < -0.39 is 5.25 Å². The summed E-state index contributed by atoms with van der Waals surface area (Å²) in [6.07, 6.45) is 1.63. The molecule has 0 bridgehead atoms. The number of thioether (sulfide) groups is 1. The van der Waals surface area contributed by atoms with Gasteiger partial charge in [-0.1, -0.05) is 11.8 Å². The zero-order valence-electron chi connectivity index (χ0n) is 15.3. The minimum atomic E-state index is -0.592. The third-order valence-electron chi connectivity index (χ3n) is 4.65. The van der Waals surface area contributed by atoms with Crippen LogP contribution in [0.4, 0.5) is 5.69 Å². The number of benzene rings is 2. The van der Waals surface area contributed by atoms with Crippen molar-refractivity contribution < 1.29 is 19.1 Å². The molecule has 5 rings (SSSR count). The predicted molar refractivity (Wildman–Crippen MR) is 117 cm³/mol. The fourth-order valence-electron chi connectivity index (χ4n) is 3.22. The molecule has 30 heavy (non-hydrogen) atoms. The topological polar surface area (TPSA) is 94.5 Å². The highest BCUT2D eigenvalue weighted by atomic mass is 127. The third kappa shape index (κ3) is 3.60. The van der Waals surface area contributed by atoms with Gasteiger partial charge in [-0.3, -0.25) is 9.59 Å². The number of ether oxygens (including phenoxy) is 2. The monoisotopic (exact) mass is 532 g/mol. The van der Waals surface area contributed by atoms with E-state index in [1.54, 1.807) is 18.3 Å². The van der Waals surface area contributed by atoms with E-state index in [1.807, 2.05) is 30.3 Å². The van der Waals surface area contributed by atoms with Crippen LogP contribution in [0.3, 0.4) is 0 Å². The van der Waals surface area contributed by atoms with Gasteiger partial charge in [-0.15, -0.1) is 5.10 Å². The fraction of sp³-hybridized carbons (Fsp3) is 0.150. The number of anilines is 1.